The van der Waals surface area contributed by atoms with Crippen molar-refractivity contribution in [2.24, 2.45) is 0 Å². The molecule has 3 heterocycles. The predicted molar refractivity (Wildman–Crippen MR) is 95.6 cm³/mol. The van der Waals surface area contributed by atoms with E-state index in [4.69, 9.17) is 0 Å². The number of nitrogens with zero attached hydrogens (tertiary/aromatic N) is 3. The third-order valence-electron chi connectivity index (χ3n) is 4.54. The van der Waals surface area contributed by atoms with Crippen molar-refractivity contribution in [3.63, 3.8) is 0 Å². The molecule has 1 amide bonds. The molecule has 5 nitrogen and oxygen atoms in total. The van der Waals surface area contributed by atoms with Crippen LogP contribution in [-0.2, 0) is 17.9 Å². The summed E-state index contributed by atoms with van der Waals surface area (Å²) in [5.41, 5.74) is 1.98. The maximum atomic E-state index is 12.9. The van der Waals surface area contributed by atoms with Crippen molar-refractivity contribution >= 4 is 33.4 Å². The molecule has 0 saturated heterocycles. The van der Waals surface area contributed by atoms with Crippen molar-refractivity contribution < 1.29 is 4.79 Å². The number of amides is 1. The Hall–Kier alpha value is -2.47. The lowest BCUT2D eigenvalue weighted by Gasteiger charge is -2.29. The SMILES string of the molecule is Cc1sc2nc3n(c(=O)c2c1C)CCC(=O)N3Cc1ccccc1. The molecule has 1 aliphatic rings. The van der Waals surface area contributed by atoms with Gasteiger partial charge in [-0.15, -0.1) is 11.3 Å². The quantitative estimate of drug-likeness (QED) is 0.721. The summed E-state index contributed by atoms with van der Waals surface area (Å²) in [5.74, 6) is 0.476. The predicted octanol–water partition coefficient (Wildman–Crippen LogP) is 3.01. The molecule has 122 valence electrons. The Labute approximate surface area is 143 Å². The van der Waals surface area contributed by atoms with Crippen LogP contribution in [0, 0.1) is 13.8 Å². The minimum atomic E-state index is -0.0394. The summed E-state index contributed by atoms with van der Waals surface area (Å²) >= 11 is 1.51. The zero-order chi connectivity index (χ0) is 16.8. The average molecular weight is 339 g/mol. The van der Waals surface area contributed by atoms with Crippen LogP contribution in [0.3, 0.4) is 0 Å². The number of hydrogen-bond acceptors (Lipinski definition) is 4. The van der Waals surface area contributed by atoms with Gasteiger partial charge in [0.15, 0.2) is 0 Å². The van der Waals surface area contributed by atoms with Crippen LogP contribution in [0.15, 0.2) is 35.1 Å². The fraction of sp³-hybridized carbons (Fsp3) is 0.278. The van der Waals surface area contributed by atoms with E-state index in [0.29, 0.717) is 35.7 Å². The lowest BCUT2D eigenvalue weighted by atomic mass is 10.2. The molecular formula is C18H17N3O2S. The lowest BCUT2D eigenvalue weighted by molar-refractivity contribution is -0.119. The van der Waals surface area contributed by atoms with E-state index in [2.05, 4.69) is 4.98 Å². The number of anilines is 1. The number of hydrogen-bond donors (Lipinski definition) is 0. The Morgan fingerprint density at radius 3 is 2.67 bits per heavy atom. The van der Waals surface area contributed by atoms with E-state index in [0.717, 1.165) is 16.0 Å². The average Bonchev–Trinajstić information content (AvgIpc) is 2.86. The molecule has 1 aliphatic heterocycles. The fourth-order valence-corrected chi connectivity index (χ4v) is 4.12. The molecular weight excluding hydrogens is 322 g/mol. The van der Waals surface area contributed by atoms with E-state index in [1.54, 1.807) is 9.47 Å². The van der Waals surface area contributed by atoms with Crippen molar-refractivity contribution in [2.75, 3.05) is 4.90 Å². The zero-order valence-corrected chi connectivity index (χ0v) is 14.4. The fourth-order valence-electron chi connectivity index (χ4n) is 3.10. The van der Waals surface area contributed by atoms with Gasteiger partial charge in [-0.1, -0.05) is 30.3 Å². The van der Waals surface area contributed by atoms with Gasteiger partial charge in [0, 0.05) is 17.8 Å². The van der Waals surface area contributed by atoms with Gasteiger partial charge in [-0.3, -0.25) is 19.1 Å². The third kappa shape index (κ3) is 2.26. The van der Waals surface area contributed by atoms with Crippen LogP contribution in [-0.4, -0.2) is 15.5 Å². The standard InChI is InChI=1S/C18H17N3O2S/c1-11-12(2)24-16-15(11)17(23)20-9-8-14(22)21(18(20)19-16)10-13-6-4-3-5-7-13/h3-7H,8-10H2,1-2H3. The summed E-state index contributed by atoms with van der Waals surface area (Å²) < 4.78 is 1.64. The van der Waals surface area contributed by atoms with E-state index in [9.17, 15) is 9.59 Å². The monoisotopic (exact) mass is 339 g/mol. The normalized spacial score (nSPS) is 14.2. The van der Waals surface area contributed by atoms with E-state index in [-0.39, 0.29) is 11.5 Å². The number of aryl methyl sites for hydroxylation is 2. The number of carbonyl (C=O) groups is 1. The smallest absolute Gasteiger partial charge is 0.263 e. The van der Waals surface area contributed by atoms with Gasteiger partial charge >= 0.3 is 0 Å². The second-order valence-corrected chi connectivity index (χ2v) is 7.25. The highest BCUT2D eigenvalue weighted by atomic mass is 32.1. The first-order valence-corrected chi connectivity index (χ1v) is 8.72. The molecule has 6 heteroatoms. The number of rotatable bonds is 2. The van der Waals surface area contributed by atoms with Crippen LogP contribution in [0.4, 0.5) is 5.95 Å². The van der Waals surface area contributed by atoms with Gasteiger partial charge in [-0.05, 0) is 25.0 Å². The second kappa shape index (κ2) is 5.56. The molecule has 4 rings (SSSR count). The van der Waals surface area contributed by atoms with Gasteiger partial charge < -0.3 is 0 Å². The van der Waals surface area contributed by atoms with Crippen molar-refractivity contribution in [3.05, 3.63) is 56.7 Å². The Morgan fingerprint density at radius 2 is 1.92 bits per heavy atom. The van der Waals surface area contributed by atoms with Gasteiger partial charge in [0.25, 0.3) is 5.56 Å². The molecule has 0 saturated carbocycles. The summed E-state index contributed by atoms with van der Waals surface area (Å²) in [6.07, 6.45) is 0.328. The second-order valence-electron chi connectivity index (χ2n) is 6.05. The van der Waals surface area contributed by atoms with Gasteiger partial charge in [-0.2, -0.15) is 0 Å². The van der Waals surface area contributed by atoms with E-state index >= 15 is 0 Å². The van der Waals surface area contributed by atoms with Crippen LogP contribution < -0.4 is 10.5 Å². The summed E-state index contributed by atoms with van der Waals surface area (Å²) in [6, 6.07) is 9.78. The minimum Gasteiger partial charge on any atom is -0.277 e. The van der Waals surface area contributed by atoms with Gasteiger partial charge in [0.1, 0.15) is 4.83 Å². The molecule has 2 aromatic heterocycles. The molecule has 0 aliphatic carbocycles. The molecule has 0 atom stereocenters. The Balaban J connectivity index is 1.89. The van der Waals surface area contributed by atoms with Crippen LogP contribution in [0.25, 0.3) is 10.2 Å². The highest BCUT2D eigenvalue weighted by molar-refractivity contribution is 7.18. The first-order valence-electron chi connectivity index (χ1n) is 7.91. The lowest BCUT2D eigenvalue weighted by Crippen LogP contribution is -2.42. The number of fused-ring (bicyclic) bond motifs is 2. The Kier molecular flexibility index (Phi) is 3.49. The molecule has 0 unspecified atom stereocenters. The molecule has 24 heavy (non-hydrogen) atoms. The highest BCUT2D eigenvalue weighted by Crippen LogP contribution is 2.30. The number of thiophene rings is 1. The third-order valence-corrected chi connectivity index (χ3v) is 5.65. The molecule has 3 aromatic rings. The largest absolute Gasteiger partial charge is 0.277 e. The number of aromatic nitrogens is 2. The van der Waals surface area contributed by atoms with E-state index in [1.807, 2.05) is 44.2 Å². The van der Waals surface area contributed by atoms with Crippen molar-refractivity contribution in [3.8, 4) is 0 Å². The van der Waals surface area contributed by atoms with Crippen LogP contribution in [0.2, 0.25) is 0 Å². The molecule has 0 fully saturated rings. The molecule has 0 spiro atoms. The summed E-state index contributed by atoms with van der Waals surface area (Å²) in [4.78, 5) is 33.5. The minimum absolute atomic E-state index is 0.00935. The Morgan fingerprint density at radius 1 is 1.17 bits per heavy atom. The van der Waals surface area contributed by atoms with Crippen LogP contribution in [0.5, 0.6) is 0 Å². The molecule has 1 aromatic carbocycles. The van der Waals surface area contributed by atoms with Crippen molar-refractivity contribution in [1.29, 1.82) is 0 Å². The number of benzene rings is 1. The van der Waals surface area contributed by atoms with Gasteiger partial charge in [0.2, 0.25) is 11.9 Å². The van der Waals surface area contributed by atoms with Crippen molar-refractivity contribution in [1.82, 2.24) is 9.55 Å². The zero-order valence-electron chi connectivity index (χ0n) is 13.6. The highest BCUT2D eigenvalue weighted by Gasteiger charge is 2.28. The summed E-state index contributed by atoms with van der Waals surface area (Å²) in [7, 11) is 0. The first kappa shape index (κ1) is 15.1. The number of carbonyl (C=O) groups excluding carboxylic acids is 1. The molecule has 0 radical (unpaired) electrons. The first-order chi connectivity index (χ1) is 11.6. The van der Waals surface area contributed by atoms with E-state index < -0.39 is 0 Å². The Bertz CT molecular complexity index is 1000. The molecule has 0 N–H and O–H groups in total. The topological polar surface area (TPSA) is 55.2 Å². The van der Waals surface area contributed by atoms with Crippen LogP contribution in [0.1, 0.15) is 22.4 Å². The van der Waals surface area contributed by atoms with Crippen molar-refractivity contribution in [2.45, 2.75) is 33.4 Å². The molecule has 0 bridgehead atoms. The van der Waals surface area contributed by atoms with Gasteiger partial charge in [-0.25, -0.2) is 4.98 Å². The summed E-state index contributed by atoms with van der Waals surface area (Å²) in [5, 5.41) is 0.690. The van der Waals surface area contributed by atoms with E-state index in [1.165, 1.54) is 11.3 Å². The maximum Gasteiger partial charge on any atom is 0.263 e. The van der Waals surface area contributed by atoms with Crippen LogP contribution >= 0.6 is 11.3 Å². The summed E-state index contributed by atoms with van der Waals surface area (Å²) in [6.45, 7) is 4.79. The maximum absolute atomic E-state index is 12.9. The van der Waals surface area contributed by atoms with Gasteiger partial charge in [0.05, 0.1) is 11.9 Å².